The lowest BCUT2D eigenvalue weighted by Gasteiger charge is -2.30. The normalized spacial score (nSPS) is 22.6. The van der Waals surface area contributed by atoms with E-state index in [1.165, 1.54) is 6.07 Å². The van der Waals surface area contributed by atoms with Gasteiger partial charge in [0.15, 0.2) is 0 Å². The van der Waals surface area contributed by atoms with Crippen LogP contribution in [0, 0.1) is 11.6 Å². The van der Waals surface area contributed by atoms with Crippen LogP contribution in [0.25, 0.3) is 0 Å². The van der Waals surface area contributed by atoms with Crippen molar-refractivity contribution in [3.05, 3.63) is 77.4 Å². The topological polar surface area (TPSA) is 15.3 Å². The minimum atomic E-state index is -0.513. The maximum Gasteiger partial charge on any atom is 0.149 e. The average Bonchev–Trinajstić information content (AvgIpc) is 2.82. The second-order valence-electron chi connectivity index (χ2n) is 6.31. The standard InChI is InChI=1S/C19H18F2N2/c20-15-9-16-18(17(21)10-15)23(11-14-5-2-1-3-6-14)13-19(16)7-4-8-22-12-19/h1-7,9-10,22H,8,11-13H2. The van der Waals surface area contributed by atoms with E-state index in [0.717, 1.165) is 23.7 Å². The predicted molar refractivity (Wildman–Crippen MR) is 87.5 cm³/mol. The molecule has 0 bridgehead atoms. The van der Waals surface area contributed by atoms with E-state index in [1.807, 2.05) is 41.3 Å². The van der Waals surface area contributed by atoms with Crippen molar-refractivity contribution in [3.8, 4) is 0 Å². The molecule has 0 amide bonds. The lowest BCUT2D eigenvalue weighted by molar-refractivity contribution is 0.490. The van der Waals surface area contributed by atoms with Crippen LogP contribution in [0.15, 0.2) is 54.6 Å². The second-order valence-corrected chi connectivity index (χ2v) is 6.31. The Kier molecular flexibility index (Phi) is 3.42. The molecule has 2 aromatic rings. The van der Waals surface area contributed by atoms with Gasteiger partial charge in [0.2, 0.25) is 0 Å². The Morgan fingerprint density at radius 2 is 1.96 bits per heavy atom. The van der Waals surface area contributed by atoms with Crippen LogP contribution in [0.2, 0.25) is 0 Å². The van der Waals surface area contributed by atoms with Gasteiger partial charge >= 0.3 is 0 Å². The number of hydrogen-bond donors (Lipinski definition) is 1. The predicted octanol–water partition coefficient (Wildman–Crippen LogP) is 3.38. The monoisotopic (exact) mass is 312 g/mol. The Morgan fingerprint density at radius 1 is 1.13 bits per heavy atom. The molecule has 2 heterocycles. The van der Waals surface area contributed by atoms with Gasteiger partial charge in [0.1, 0.15) is 11.6 Å². The van der Waals surface area contributed by atoms with Crippen molar-refractivity contribution >= 4 is 5.69 Å². The highest BCUT2D eigenvalue weighted by atomic mass is 19.1. The van der Waals surface area contributed by atoms with Crippen LogP contribution in [0.5, 0.6) is 0 Å². The van der Waals surface area contributed by atoms with Gasteiger partial charge < -0.3 is 10.2 Å². The summed E-state index contributed by atoms with van der Waals surface area (Å²) in [6.45, 7) is 2.77. The molecule has 1 atom stereocenters. The maximum absolute atomic E-state index is 14.5. The Labute approximate surface area is 134 Å². The molecular formula is C19H18F2N2. The van der Waals surface area contributed by atoms with Crippen molar-refractivity contribution < 1.29 is 8.78 Å². The lowest BCUT2D eigenvalue weighted by atomic mass is 9.80. The van der Waals surface area contributed by atoms with E-state index in [4.69, 9.17) is 0 Å². The molecule has 118 valence electrons. The Hall–Kier alpha value is -2.20. The maximum atomic E-state index is 14.5. The zero-order valence-corrected chi connectivity index (χ0v) is 12.7. The van der Waals surface area contributed by atoms with Crippen molar-refractivity contribution in [1.29, 1.82) is 0 Å². The summed E-state index contributed by atoms with van der Waals surface area (Å²) < 4.78 is 28.3. The molecule has 4 heteroatoms. The quantitative estimate of drug-likeness (QED) is 0.855. The summed E-state index contributed by atoms with van der Waals surface area (Å²) in [4.78, 5) is 2.02. The number of halogens is 2. The summed E-state index contributed by atoms with van der Waals surface area (Å²) >= 11 is 0. The third-order valence-corrected chi connectivity index (χ3v) is 4.71. The number of benzene rings is 2. The summed E-state index contributed by atoms with van der Waals surface area (Å²) in [7, 11) is 0. The van der Waals surface area contributed by atoms with Crippen molar-refractivity contribution in [2.45, 2.75) is 12.0 Å². The van der Waals surface area contributed by atoms with Crippen molar-refractivity contribution in [2.75, 3.05) is 24.5 Å². The fourth-order valence-electron chi connectivity index (χ4n) is 3.73. The van der Waals surface area contributed by atoms with Crippen LogP contribution in [0.4, 0.5) is 14.5 Å². The third-order valence-electron chi connectivity index (χ3n) is 4.71. The first-order valence-electron chi connectivity index (χ1n) is 7.85. The molecule has 23 heavy (non-hydrogen) atoms. The van der Waals surface area contributed by atoms with Crippen molar-refractivity contribution in [2.24, 2.45) is 0 Å². The van der Waals surface area contributed by atoms with E-state index < -0.39 is 11.6 Å². The minimum Gasteiger partial charge on any atom is -0.363 e. The lowest BCUT2D eigenvalue weighted by Crippen LogP contribution is -2.43. The number of hydrogen-bond acceptors (Lipinski definition) is 2. The number of fused-ring (bicyclic) bond motifs is 2. The van der Waals surface area contributed by atoms with E-state index >= 15 is 0 Å². The minimum absolute atomic E-state index is 0.356. The van der Waals surface area contributed by atoms with Gasteiger partial charge in [0, 0.05) is 37.7 Å². The molecule has 0 aliphatic carbocycles. The Balaban J connectivity index is 1.79. The average molecular weight is 312 g/mol. The van der Waals surface area contributed by atoms with Crippen LogP contribution in [0.1, 0.15) is 11.1 Å². The molecule has 0 saturated heterocycles. The zero-order chi connectivity index (χ0) is 15.9. The molecule has 2 nitrogen and oxygen atoms in total. The number of rotatable bonds is 2. The molecule has 4 rings (SSSR count). The molecule has 0 saturated carbocycles. The van der Waals surface area contributed by atoms with E-state index in [-0.39, 0.29) is 5.41 Å². The van der Waals surface area contributed by atoms with Gasteiger partial charge in [-0.05, 0) is 17.2 Å². The van der Waals surface area contributed by atoms with Gasteiger partial charge in [-0.1, -0.05) is 42.5 Å². The number of anilines is 1. The fraction of sp³-hybridized carbons (Fsp3) is 0.263. The van der Waals surface area contributed by atoms with Crippen LogP contribution >= 0.6 is 0 Å². The smallest absolute Gasteiger partial charge is 0.149 e. The van der Waals surface area contributed by atoms with E-state index in [1.54, 1.807) is 0 Å². The molecule has 0 aromatic heterocycles. The second kappa shape index (κ2) is 5.46. The van der Waals surface area contributed by atoms with E-state index in [0.29, 0.717) is 25.3 Å². The number of nitrogens with one attached hydrogen (secondary N) is 1. The highest BCUT2D eigenvalue weighted by Gasteiger charge is 2.43. The molecule has 1 spiro atoms. The first kappa shape index (κ1) is 14.4. The SMILES string of the molecule is Fc1cc(F)c2c(c1)C1(C=CCNC1)CN2Cc1ccccc1. The Bertz CT molecular complexity index is 757. The fourth-order valence-corrected chi connectivity index (χ4v) is 3.73. The zero-order valence-electron chi connectivity index (χ0n) is 12.7. The first-order valence-corrected chi connectivity index (χ1v) is 7.85. The summed E-state index contributed by atoms with van der Waals surface area (Å²) in [6.07, 6.45) is 4.15. The van der Waals surface area contributed by atoms with Gasteiger partial charge in [-0.25, -0.2) is 8.78 Å². The Morgan fingerprint density at radius 3 is 2.70 bits per heavy atom. The first-order chi connectivity index (χ1) is 11.2. The van der Waals surface area contributed by atoms with Crippen LogP contribution in [-0.2, 0) is 12.0 Å². The highest BCUT2D eigenvalue weighted by Crippen LogP contribution is 2.44. The molecule has 2 aromatic carbocycles. The molecule has 0 radical (unpaired) electrons. The summed E-state index contributed by atoms with van der Waals surface area (Å²) in [6, 6.07) is 12.4. The van der Waals surface area contributed by atoms with Gasteiger partial charge in [-0.2, -0.15) is 0 Å². The van der Waals surface area contributed by atoms with Gasteiger partial charge in [0.05, 0.1) is 5.69 Å². The number of nitrogens with zero attached hydrogens (tertiary/aromatic N) is 1. The van der Waals surface area contributed by atoms with Gasteiger partial charge in [-0.3, -0.25) is 0 Å². The highest BCUT2D eigenvalue weighted by molar-refractivity contribution is 5.66. The van der Waals surface area contributed by atoms with Crippen molar-refractivity contribution in [1.82, 2.24) is 5.32 Å². The summed E-state index contributed by atoms with van der Waals surface area (Å²) in [5, 5.41) is 3.32. The van der Waals surface area contributed by atoms with Gasteiger partial charge in [0.25, 0.3) is 0 Å². The molecule has 1 unspecified atom stereocenters. The third kappa shape index (κ3) is 2.43. The molecule has 0 fully saturated rings. The molecular weight excluding hydrogens is 294 g/mol. The van der Waals surface area contributed by atoms with Crippen molar-refractivity contribution in [3.63, 3.8) is 0 Å². The van der Waals surface area contributed by atoms with Crippen LogP contribution < -0.4 is 10.2 Å². The van der Waals surface area contributed by atoms with E-state index in [2.05, 4.69) is 11.4 Å². The molecule has 2 aliphatic heterocycles. The van der Waals surface area contributed by atoms with Gasteiger partial charge in [-0.15, -0.1) is 0 Å². The van der Waals surface area contributed by atoms with E-state index in [9.17, 15) is 8.78 Å². The molecule has 1 N–H and O–H groups in total. The van der Waals surface area contributed by atoms with Crippen LogP contribution in [-0.4, -0.2) is 19.6 Å². The summed E-state index contributed by atoms with van der Waals surface area (Å²) in [5.41, 5.74) is 2.04. The summed E-state index contributed by atoms with van der Waals surface area (Å²) in [5.74, 6) is -0.993. The largest absolute Gasteiger partial charge is 0.363 e. The molecule has 2 aliphatic rings. The van der Waals surface area contributed by atoms with Crippen LogP contribution in [0.3, 0.4) is 0 Å².